The van der Waals surface area contributed by atoms with Crippen LogP contribution in [-0.2, 0) is 4.79 Å². The first-order chi connectivity index (χ1) is 6.70. The van der Waals surface area contributed by atoms with Crippen LogP contribution in [0.2, 0.25) is 0 Å². The van der Waals surface area contributed by atoms with Crippen molar-refractivity contribution in [3.05, 3.63) is 30.4 Å². The van der Waals surface area contributed by atoms with Crippen molar-refractivity contribution in [2.24, 2.45) is 11.8 Å². The molecule has 0 N–H and O–H groups in total. The molecule has 0 radical (unpaired) electrons. The van der Waals surface area contributed by atoms with E-state index >= 15 is 0 Å². The van der Waals surface area contributed by atoms with Crippen LogP contribution in [0.25, 0.3) is 0 Å². The second kappa shape index (κ2) is 8.52. The molecule has 0 amide bonds. The summed E-state index contributed by atoms with van der Waals surface area (Å²) in [5.41, 5.74) is 0. The molecule has 0 fully saturated rings. The van der Waals surface area contributed by atoms with E-state index in [1.54, 1.807) is 12.0 Å². The zero-order valence-electron chi connectivity index (χ0n) is 9.36. The third-order valence-corrected chi connectivity index (χ3v) is 2.22. The van der Waals surface area contributed by atoms with E-state index in [4.69, 9.17) is 0 Å². The lowest BCUT2D eigenvalue weighted by molar-refractivity contribution is 0.569. The minimum atomic E-state index is 0.486. The maximum atomic E-state index is 9.88. The van der Waals surface area contributed by atoms with Gasteiger partial charge in [0.1, 0.15) is 5.94 Å². The standard InChI is InChI=1S/C13H20O/c1-4-12(2)9-7-10-13(3)8-5-6-11-14/h5-9,12-13H,4,10H2,1-3H3. The Balaban J connectivity index is 3.78. The van der Waals surface area contributed by atoms with Crippen molar-refractivity contribution in [2.45, 2.75) is 33.6 Å². The van der Waals surface area contributed by atoms with E-state index in [2.05, 4.69) is 32.9 Å². The van der Waals surface area contributed by atoms with Crippen LogP contribution in [0.4, 0.5) is 0 Å². The molecule has 0 spiro atoms. The third-order valence-electron chi connectivity index (χ3n) is 2.22. The highest BCUT2D eigenvalue weighted by atomic mass is 16.1. The summed E-state index contributed by atoms with van der Waals surface area (Å²) < 4.78 is 0. The molecule has 2 atom stereocenters. The van der Waals surface area contributed by atoms with Crippen LogP contribution in [0.15, 0.2) is 30.4 Å². The largest absolute Gasteiger partial charge is 0.234 e. The monoisotopic (exact) mass is 192 g/mol. The summed E-state index contributed by atoms with van der Waals surface area (Å²) in [6.45, 7) is 6.54. The molecule has 0 aliphatic carbocycles. The minimum absolute atomic E-state index is 0.486. The highest BCUT2D eigenvalue weighted by Gasteiger charge is 1.93. The molecule has 0 rings (SSSR count). The Morgan fingerprint density at radius 3 is 2.50 bits per heavy atom. The lowest BCUT2D eigenvalue weighted by Gasteiger charge is -2.02. The number of allylic oxidation sites excluding steroid dienone is 5. The van der Waals surface area contributed by atoms with Crippen LogP contribution in [-0.4, -0.2) is 5.94 Å². The van der Waals surface area contributed by atoms with Gasteiger partial charge in [0.2, 0.25) is 0 Å². The Labute approximate surface area is 87.2 Å². The van der Waals surface area contributed by atoms with Gasteiger partial charge < -0.3 is 0 Å². The number of hydrogen-bond donors (Lipinski definition) is 0. The lowest BCUT2D eigenvalue weighted by Crippen LogP contribution is -1.88. The van der Waals surface area contributed by atoms with Crippen molar-refractivity contribution in [1.29, 1.82) is 0 Å². The van der Waals surface area contributed by atoms with Gasteiger partial charge in [0.15, 0.2) is 0 Å². The molecular formula is C13H20O. The highest BCUT2D eigenvalue weighted by Crippen LogP contribution is 2.08. The first kappa shape index (κ1) is 12.9. The van der Waals surface area contributed by atoms with Crippen LogP contribution in [0, 0.1) is 11.8 Å². The molecule has 0 aliphatic rings. The first-order valence-corrected chi connectivity index (χ1v) is 5.25. The minimum Gasteiger partial charge on any atom is -0.234 e. The molecule has 2 unspecified atom stereocenters. The van der Waals surface area contributed by atoms with Gasteiger partial charge in [-0.2, -0.15) is 0 Å². The van der Waals surface area contributed by atoms with Crippen LogP contribution in [0.1, 0.15) is 33.6 Å². The van der Waals surface area contributed by atoms with Crippen LogP contribution >= 0.6 is 0 Å². The molecule has 0 aliphatic heterocycles. The summed E-state index contributed by atoms with van der Waals surface area (Å²) in [4.78, 5) is 9.88. The van der Waals surface area contributed by atoms with Crippen molar-refractivity contribution in [2.75, 3.05) is 0 Å². The van der Waals surface area contributed by atoms with Crippen LogP contribution < -0.4 is 0 Å². The van der Waals surface area contributed by atoms with E-state index in [1.165, 1.54) is 12.5 Å². The van der Waals surface area contributed by atoms with E-state index in [1.807, 2.05) is 6.08 Å². The molecule has 0 saturated carbocycles. The molecule has 0 saturated heterocycles. The molecule has 0 aromatic carbocycles. The Hall–Kier alpha value is -1.07. The average Bonchev–Trinajstić information content (AvgIpc) is 2.18. The quantitative estimate of drug-likeness (QED) is 0.357. The zero-order chi connectivity index (χ0) is 10.8. The molecular weight excluding hydrogens is 172 g/mol. The summed E-state index contributed by atoms with van der Waals surface area (Å²) in [7, 11) is 0. The maximum absolute atomic E-state index is 9.88. The molecule has 14 heavy (non-hydrogen) atoms. The van der Waals surface area contributed by atoms with E-state index in [-0.39, 0.29) is 0 Å². The second-order valence-corrected chi connectivity index (χ2v) is 3.70. The number of rotatable bonds is 6. The van der Waals surface area contributed by atoms with Gasteiger partial charge in [0.05, 0.1) is 0 Å². The smallest absolute Gasteiger partial charge is 0.124 e. The van der Waals surface area contributed by atoms with Gasteiger partial charge in [-0.25, -0.2) is 4.79 Å². The highest BCUT2D eigenvalue weighted by molar-refractivity contribution is 5.48. The lowest BCUT2D eigenvalue weighted by atomic mass is 10.0. The van der Waals surface area contributed by atoms with E-state index in [9.17, 15) is 4.79 Å². The summed E-state index contributed by atoms with van der Waals surface area (Å²) in [6, 6.07) is 0. The fourth-order valence-electron chi connectivity index (χ4n) is 1.02. The van der Waals surface area contributed by atoms with Gasteiger partial charge >= 0.3 is 0 Å². The Morgan fingerprint density at radius 1 is 1.21 bits per heavy atom. The van der Waals surface area contributed by atoms with E-state index in [0.29, 0.717) is 11.8 Å². The maximum Gasteiger partial charge on any atom is 0.124 e. The van der Waals surface area contributed by atoms with E-state index < -0.39 is 0 Å². The average molecular weight is 192 g/mol. The number of hydrogen-bond acceptors (Lipinski definition) is 1. The molecule has 0 heterocycles. The molecule has 0 bridgehead atoms. The fourth-order valence-corrected chi connectivity index (χ4v) is 1.02. The fraction of sp³-hybridized carbons (Fsp3) is 0.538. The van der Waals surface area contributed by atoms with Gasteiger partial charge in [-0.15, -0.1) is 0 Å². The number of carbonyl (C=O) groups excluding carboxylic acids is 1. The molecule has 0 aromatic heterocycles. The van der Waals surface area contributed by atoms with Gasteiger partial charge in [0, 0.05) is 6.08 Å². The van der Waals surface area contributed by atoms with Gasteiger partial charge in [-0.1, -0.05) is 51.5 Å². The van der Waals surface area contributed by atoms with Crippen molar-refractivity contribution in [1.82, 2.24) is 0 Å². The van der Waals surface area contributed by atoms with Gasteiger partial charge in [-0.3, -0.25) is 0 Å². The predicted molar refractivity (Wildman–Crippen MR) is 61.8 cm³/mol. The van der Waals surface area contributed by atoms with Crippen molar-refractivity contribution in [3.63, 3.8) is 0 Å². The van der Waals surface area contributed by atoms with Crippen molar-refractivity contribution in [3.8, 4) is 0 Å². The SMILES string of the molecule is CCC(C)C=CCC(C)C=CC=C=O. The van der Waals surface area contributed by atoms with Crippen molar-refractivity contribution < 1.29 is 4.79 Å². The topological polar surface area (TPSA) is 17.1 Å². The van der Waals surface area contributed by atoms with E-state index in [0.717, 1.165) is 6.42 Å². The summed E-state index contributed by atoms with van der Waals surface area (Å²) in [5, 5.41) is 0. The summed E-state index contributed by atoms with van der Waals surface area (Å²) in [5.74, 6) is 2.88. The molecule has 1 nitrogen and oxygen atoms in total. The normalized spacial score (nSPS) is 15.6. The van der Waals surface area contributed by atoms with Gasteiger partial charge in [0.25, 0.3) is 0 Å². The Morgan fingerprint density at radius 2 is 1.93 bits per heavy atom. The predicted octanol–water partition coefficient (Wildman–Crippen LogP) is 3.56. The van der Waals surface area contributed by atoms with Gasteiger partial charge in [-0.05, 0) is 18.3 Å². The molecule has 1 heteroatoms. The Kier molecular flexibility index (Phi) is 7.87. The van der Waals surface area contributed by atoms with Crippen molar-refractivity contribution >= 4 is 5.94 Å². The summed E-state index contributed by atoms with van der Waals surface area (Å²) >= 11 is 0. The first-order valence-electron chi connectivity index (χ1n) is 5.25. The summed E-state index contributed by atoms with van der Waals surface area (Å²) in [6.07, 6.45) is 11.9. The molecule has 0 aromatic rings. The molecule has 78 valence electrons. The Bertz CT molecular complexity index is 232. The van der Waals surface area contributed by atoms with Crippen LogP contribution in [0.5, 0.6) is 0 Å². The second-order valence-electron chi connectivity index (χ2n) is 3.70. The third kappa shape index (κ3) is 7.57. The zero-order valence-corrected chi connectivity index (χ0v) is 9.36. The van der Waals surface area contributed by atoms with Crippen LogP contribution in [0.3, 0.4) is 0 Å².